The maximum Gasteiger partial charge on any atom is 0.331 e. The summed E-state index contributed by atoms with van der Waals surface area (Å²) in [6.45, 7) is 1.30. The van der Waals surface area contributed by atoms with Crippen LogP contribution in [0.2, 0.25) is 0 Å². The second-order valence-electron chi connectivity index (χ2n) is 2.61. The molecule has 14 heavy (non-hydrogen) atoms. The third-order valence-corrected chi connectivity index (χ3v) is 1.42. The molecule has 0 atom stereocenters. The molecule has 0 aliphatic carbocycles. The second-order valence-corrected chi connectivity index (χ2v) is 2.61. The monoisotopic (exact) mass is 189 g/mol. The third kappa shape index (κ3) is 4.21. The molecule has 0 unspecified atom stereocenters. The van der Waals surface area contributed by atoms with Gasteiger partial charge in [-0.25, -0.2) is 4.79 Å². The number of rotatable bonds is 3. The molecule has 0 N–H and O–H groups in total. The molecule has 0 heterocycles. The molecule has 0 aliphatic rings. The summed E-state index contributed by atoms with van der Waals surface area (Å²) in [7, 11) is 0. The molecule has 1 rings (SSSR count). The number of hydrogen-bond acceptors (Lipinski definition) is 3. The predicted octanol–water partition coefficient (Wildman–Crippen LogP) is 2.25. The normalized spacial score (nSPS) is 10.9. The lowest BCUT2D eigenvalue weighted by molar-refractivity contribution is -0.140. The van der Waals surface area contributed by atoms with E-state index in [1.807, 2.05) is 36.4 Å². The van der Waals surface area contributed by atoms with Gasteiger partial charge in [-0.2, -0.15) is 0 Å². The number of nitrogens with zero attached hydrogens (tertiary/aromatic N) is 1. The van der Waals surface area contributed by atoms with Gasteiger partial charge in [0, 0.05) is 6.92 Å². The highest BCUT2D eigenvalue weighted by Crippen LogP contribution is 1.99. The van der Waals surface area contributed by atoms with Crippen LogP contribution in [0.25, 0.3) is 6.08 Å². The number of carbonyl (C=O) groups excluding carboxylic acids is 1. The smallest absolute Gasteiger partial charge is 0.319 e. The number of carbonyl (C=O) groups is 1. The SMILES string of the molecule is CC(=O)ON=CC=Cc1ccccc1. The Morgan fingerprint density at radius 1 is 1.36 bits per heavy atom. The Morgan fingerprint density at radius 2 is 2.07 bits per heavy atom. The van der Waals surface area contributed by atoms with Crippen LogP contribution in [0.3, 0.4) is 0 Å². The summed E-state index contributed by atoms with van der Waals surface area (Å²) < 4.78 is 0. The molecular formula is C11H11NO2. The molecule has 1 aromatic carbocycles. The Hall–Kier alpha value is -1.90. The molecule has 0 spiro atoms. The fourth-order valence-corrected chi connectivity index (χ4v) is 0.858. The van der Waals surface area contributed by atoms with Crippen molar-refractivity contribution in [3.63, 3.8) is 0 Å². The van der Waals surface area contributed by atoms with E-state index >= 15 is 0 Å². The fraction of sp³-hybridized carbons (Fsp3) is 0.0909. The lowest BCUT2D eigenvalue weighted by atomic mass is 10.2. The van der Waals surface area contributed by atoms with E-state index in [1.165, 1.54) is 13.1 Å². The van der Waals surface area contributed by atoms with Gasteiger partial charge in [0.1, 0.15) is 0 Å². The van der Waals surface area contributed by atoms with Crippen molar-refractivity contribution in [2.24, 2.45) is 5.16 Å². The van der Waals surface area contributed by atoms with Gasteiger partial charge in [-0.3, -0.25) is 0 Å². The molecule has 0 aliphatic heterocycles. The molecule has 3 nitrogen and oxygen atoms in total. The summed E-state index contributed by atoms with van der Waals surface area (Å²) in [5.74, 6) is -0.422. The minimum absolute atomic E-state index is 0.422. The van der Waals surface area contributed by atoms with Crippen LogP contribution in [-0.2, 0) is 9.63 Å². The highest BCUT2D eigenvalue weighted by molar-refractivity contribution is 5.78. The van der Waals surface area contributed by atoms with E-state index in [0.29, 0.717) is 0 Å². The van der Waals surface area contributed by atoms with Crippen molar-refractivity contribution in [2.75, 3.05) is 0 Å². The summed E-state index contributed by atoms with van der Waals surface area (Å²) in [6.07, 6.45) is 5.00. The summed E-state index contributed by atoms with van der Waals surface area (Å²) in [6, 6.07) is 9.78. The van der Waals surface area contributed by atoms with Crippen molar-refractivity contribution in [3.05, 3.63) is 42.0 Å². The Kier molecular flexibility index (Phi) is 4.14. The van der Waals surface area contributed by atoms with Gasteiger partial charge in [0.15, 0.2) is 0 Å². The minimum Gasteiger partial charge on any atom is -0.319 e. The van der Waals surface area contributed by atoms with Gasteiger partial charge < -0.3 is 4.84 Å². The largest absolute Gasteiger partial charge is 0.331 e. The fourth-order valence-electron chi connectivity index (χ4n) is 0.858. The van der Waals surface area contributed by atoms with Crippen molar-refractivity contribution in [1.82, 2.24) is 0 Å². The molecule has 1 aromatic rings. The van der Waals surface area contributed by atoms with Gasteiger partial charge >= 0.3 is 5.97 Å². The lowest BCUT2D eigenvalue weighted by Crippen LogP contribution is -1.89. The van der Waals surface area contributed by atoms with Crippen molar-refractivity contribution in [3.8, 4) is 0 Å². The molecule has 0 aromatic heterocycles. The molecule has 0 fully saturated rings. The molecule has 0 amide bonds. The van der Waals surface area contributed by atoms with E-state index in [1.54, 1.807) is 6.08 Å². The van der Waals surface area contributed by atoms with E-state index in [2.05, 4.69) is 9.99 Å². The van der Waals surface area contributed by atoms with Crippen molar-refractivity contribution in [2.45, 2.75) is 6.92 Å². The zero-order chi connectivity index (χ0) is 10.2. The van der Waals surface area contributed by atoms with Crippen LogP contribution in [0.15, 0.2) is 41.6 Å². The highest BCUT2D eigenvalue weighted by Gasteiger charge is 1.84. The average Bonchev–Trinajstić information content (AvgIpc) is 2.18. The summed E-state index contributed by atoms with van der Waals surface area (Å²) in [4.78, 5) is 14.7. The van der Waals surface area contributed by atoms with Crippen LogP contribution in [-0.4, -0.2) is 12.2 Å². The first-order chi connectivity index (χ1) is 6.79. The van der Waals surface area contributed by atoms with Gasteiger partial charge in [0.25, 0.3) is 0 Å². The zero-order valence-electron chi connectivity index (χ0n) is 7.88. The first kappa shape index (κ1) is 10.2. The zero-order valence-corrected chi connectivity index (χ0v) is 7.88. The van der Waals surface area contributed by atoms with Gasteiger partial charge in [-0.05, 0) is 11.6 Å². The maximum absolute atomic E-state index is 10.3. The quantitative estimate of drug-likeness (QED) is 0.415. The molecule has 0 radical (unpaired) electrons. The van der Waals surface area contributed by atoms with Crippen molar-refractivity contribution < 1.29 is 9.63 Å². The molecule has 0 bridgehead atoms. The molecular weight excluding hydrogens is 178 g/mol. The average molecular weight is 189 g/mol. The highest BCUT2D eigenvalue weighted by atomic mass is 16.7. The standard InChI is InChI=1S/C11H11NO2/c1-10(13)14-12-9-5-8-11-6-3-2-4-7-11/h2-9H,1H3. The maximum atomic E-state index is 10.3. The van der Waals surface area contributed by atoms with Crippen LogP contribution < -0.4 is 0 Å². The molecule has 72 valence electrons. The van der Waals surface area contributed by atoms with E-state index in [0.717, 1.165) is 5.56 Å². The van der Waals surface area contributed by atoms with Crippen LogP contribution in [0.1, 0.15) is 12.5 Å². The Morgan fingerprint density at radius 3 is 2.71 bits per heavy atom. The second kappa shape index (κ2) is 5.70. The molecule has 0 saturated heterocycles. The first-order valence-electron chi connectivity index (χ1n) is 4.22. The van der Waals surface area contributed by atoms with Crippen molar-refractivity contribution in [1.29, 1.82) is 0 Å². The predicted molar refractivity (Wildman–Crippen MR) is 55.7 cm³/mol. The number of allylic oxidation sites excluding steroid dienone is 1. The molecule has 3 heteroatoms. The van der Waals surface area contributed by atoms with E-state index in [-0.39, 0.29) is 0 Å². The van der Waals surface area contributed by atoms with Crippen molar-refractivity contribution >= 4 is 18.3 Å². The Bertz CT molecular complexity index is 342. The first-order valence-corrected chi connectivity index (χ1v) is 4.22. The Balaban J connectivity index is 2.42. The number of benzene rings is 1. The van der Waals surface area contributed by atoms with Gasteiger partial charge in [0.2, 0.25) is 0 Å². The summed E-state index contributed by atoms with van der Waals surface area (Å²) in [5, 5.41) is 3.42. The topological polar surface area (TPSA) is 38.7 Å². The van der Waals surface area contributed by atoms with Crippen LogP contribution in [0.4, 0.5) is 0 Å². The Labute approximate surface area is 82.7 Å². The summed E-state index contributed by atoms with van der Waals surface area (Å²) >= 11 is 0. The van der Waals surface area contributed by atoms with Gasteiger partial charge in [-0.1, -0.05) is 41.6 Å². The van der Waals surface area contributed by atoms with Crippen LogP contribution >= 0.6 is 0 Å². The summed E-state index contributed by atoms with van der Waals surface area (Å²) in [5.41, 5.74) is 1.07. The number of oxime groups is 1. The number of hydrogen-bond donors (Lipinski definition) is 0. The van der Waals surface area contributed by atoms with E-state index in [9.17, 15) is 4.79 Å². The lowest BCUT2D eigenvalue weighted by Gasteiger charge is -1.88. The third-order valence-electron chi connectivity index (χ3n) is 1.42. The molecule has 0 saturated carbocycles. The van der Waals surface area contributed by atoms with Crippen LogP contribution in [0, 0.1) is 0 Å². The van der Waals surface area contributed by atoms with Crippen LogP contribution in [0.5, 0.6) is 0 Å². The van der Waals surface area contributed by atoms with E-state index < -0.39 is 5.97 Å². The van der Waals surface area contributed by atoms with Gasteiger partial charge in [-0.15, -0.1) is 0 Å². The minimum atomic E-state index is -0.422. The van der Waals surface area contributed by atoms with Gasteiger partial charge in [0.05, 0.1) is 6.21 Å². The van der Waals surface area contributed by atoms with E-state index in [4.69, 9.17) is 0 Å².